The molecular weight excluding hydrogens is 430 g/mol. The Balaban J connectivity index is 1.48. The molecule has 2 aliphatic rings. The highest BCUT2D eigenvalue weighted by atomic mass is 35.5. The van der Waals surface area contributed by atoms with Gasteiger partial charge in [0.05, 0.1) is 18.7 Å². The predicted octanol–water partition coefficient (Wildman–Crippen LogP) is 4.12. The lowest BCUT2D eigenvalue weighted by Gasteiger charge is -2.23. The van der Waals surface area contributed by atoms with E-state index in [1.165, 1.54) is 4.90 Å². The van der Waals surface area contributed by atoms with Gasteiger partial charge in [-0.15, -0.1) is 0 Å². The van der Waals surface area contributed by atoms with Gasteiger partial charge in [0.15, 0.2) is 22.9 Å². The lowest BCUT2D eigenvalue weighted by Crippen LogP contribution is -2.41. The molecule has 0 aromatic heterocycles. The van der Waals surface area contributed by atoms with Crippen LogP contribution >= 0.6 is 11.6 Å². The van der Waals surface area contributed by atoms with Gasteiger partial charge in [-0.05, 0) is 42.0 Å². The van der Waals surface area contributed by atoms with E-state index in [0.29, 0.717) is 46.5 Å². The third kappa shape index (κ3) is 3.51. The van der Waals surface area contributed by atoms with Crippen LogP contribution in [0.2, 0.25) is 5.02 Å². The van der Waals surface area contributed by atoms with Crippen LogP contribution in [-0.4, -0.2) is 30.0 Å². The summed E-state index contributed by atoms with van der Waals surface area (Å²) in [6.45, 7) is 1.12. The van der Waals surface area contributed by atoms with E-state index < -0.39 is 17.9 Å². The molecule has 6 nitrogen and oxygen atoms in total. The number of carbonyl (C=O) groups is 2. The minimum absolute atomic E-state index is 0.273. The zero-order valence-corrected chi connectivity index (χ0v) is 17.8. The molecule has 0 spiro atoms. The standard InChI is InChI=1S/C25H20ClNO5/c26-18-7-8-20-19(13-18)25(30,24(29)27(20)15-16-4-2-1-3-5-16)14-21(28)17-6-9-22-23(12-17)32-11-10-31-22/h1-9,12-13,30H,10-11,14-15H2/t25-/m1/s1. The Hall–Kier alpha value is -3.35. The molecule has 3 aromatic rings. The molecule has 0 unspecified atom stereocenters. The van der Waals surface area contributed by atoms with Gasteiger partial charge in [0.25, 0.3) is 5.91 Å². The summed E-state index contributed by atoms with van der Waals surface area (Å²) >= 11 is 6.18. The molecule has 0 aliphatic carbocycles. The van der Waals surface area contributed by atoms with Crippen LogP contribution in [0.15, 0.2) is 66.7 Å². The van der Waals surface area contributed by atoms with Gasteiger partial charge in [-0.3, -0.25) is 9.59 Å². The largest absolute Gasteiger partial charge is 0.486 e. The molecule has 0 bridgehead atoms. The van der Waals surface area contributed by atoms with E-state index in [9.17, 15) is 14.7 Å². The lowest BCUT2D eigenvalue weighted by atomic mass is 9.88. The van der Waals surface area contributed by atoms with Gasteiger partial charge in [-0.1, -0.05) is 41.9 Å². The number of hydrogen-bond donors (Lipinski definition) is 1. The van der Waals surface area contributed by atoms with Gasteiger partial charge >= 0.3 is 0 Å². The molecule has 7 heteroatoms. The Morgan fingerprint density at radius 1 is 1.00 bits per heavy atom. The number of fused-ring (bicyclic) bond motifs is 2. The molecule has 2 heterocycles. The van der Waals surface area contributed by atoms with E-state index in [-0.39, 0.29) is 12.3 Å². The highest BCUT2D eigenvalue weighted by Gasteiger charge is 2.51. The van der Waals surface area contributed by atoms with E-state index >= 15 is 0 Å². The third-order valence-corrected chi connectivity index (χ3v) is 5.99. The van der Waals surface area contributed by atoms with Crippen molar-refractivity contribution in [2.75, 3.05) is 18.1 Å². The number of amides is 1. The number of ketones is 1. The summed E-state index contributed by atoms with van der Waals surface area (Å²) < 4.78 is 11.1. The Kier molecular flexibility index (Phi) is 5.12. The number of Topliss-reactive ketones (excluding diaryl/α,β-unsaturated/α-hetero) is 1. The lowest BCUT2D eigenvalue weighted by molar-refractivity contribution is -0.136. The van der Waals surface area contributed by atoms with E-state index in [2.05, 4.69) is 0 Å². The average Bonchev–Trinajstić information content (AvgIpc) is 3.00. The summed E-state index contributed by atoms with van der Waals surface area (Å²) in [5.74, 6) is 0.102. The van der Waals surface area contributed by atoms with E-state index in [1.54, 1.807) is 36.4 Å². The van der Waals surface area contributed by atoms with Crippen molar-refractivity contribution in [1.29, 1.82) is 0 Å². The molecular formula is C25H20ClNO5. The molecule has 2 aliphatic heterocycles. The number of nitrogens with zero attached hydrogens (tertiary/aromatic N) is 1. The van der Waals surface area contributed by atoms with Crippen LogP contribution in [0.5, 0.6) is 11.5 Å². The fourth-order valence-electron chi connectivity index (χ4n) is 4.17. The third-order valence-electron chi connectivity index (χ3n) is 5.76. The molecule has 1 N–H and O–H groups in total. The van der Waals surface area contributed by atoms with Crippen molar-refractivity contribution in [3.05, 3.63) is 88.4 Å². The van der Waals surface area contributed by atoms with Crippen LogP contribution < -0.4 is 14.4 Å². The van der Waals surface area contributed by atoms with Crippen molar-refractivity contribution in [2.45, 2.75) is 18.6 Å². The van der Waals surface area contributed by atoms with Gasteiger partial charge in [-0.25, -0.2) is 0 Å². The topological polar surface area (TPSA) is 76.1 Å². The second-order valence-corrected chi connectivity index (χ2v) is 8.29. The predicted molar refractivity (Wildman–Crippen MR) is 119 cm³/mol. The molecule has 1 atom stereocenters. The van der Waals surface area contributed by atoms with Crippen molar-refractivity contribution < 1.29 is 24.2 Å². The van der Waals surface area contributed by atoms with E-state index in [0.717, 1.165) is 5.56 Å². The number of aliphatic hydroxyl groups is 1. The molecule has 0 fully saturated rings. The number of ether oxygens (including phenoxy) is 2. The molecule has 1 amide bonds. The molecule has 0 saturated heterocycles. The second-order valence-electron chi connectivity index (χ2n) is 7.86. The van der Waals surface area contributed by atoms with Crippen LogP contribution in [0.4, 0.5) is 5.69 Å². The summed E-state index contributed by atoms with van der Waals surface area (Å²) in [7, 11) is 0. The number of benzene rings is 3. The van der Waals surface area contributed by atoms with Crippen LogP contribution in [0.25, 0.3) is 0 Å². The zero-order chi connectivity index (χ0) is 22.3. The number of hydrogen-bond acceptors (Lipinski definition) is 5. The van der Waals surface area contributed by atoms with Gasteiger partial charge < -0.3 is 19.5 Å². The van der Waals surface area contributed by atoms with Crippen LogP contribution in [-0.2, 0) is 16.9 Å². The van der Waals surface area contributed by atoms with Gasteiger partial charge in [0.2, 0.25) is 0 Å². The fourth-order valence-corrected chi connectivity index (χ4v) is 4.34. The van der Waals surface area contributed by atoms with Crippen molar-refractivity contribution >= 4 is 29.0 Å². The van der Waals surface area contributed by atoms with Crippen LogP contribution in [0.1, 0.15) is 27.9 Å². The first-order chi connectivity index (χ1) is 15.5. The Labute approximate surface area is 189 Å². The van der Waals surface area contributed by atoms with Gasteiger partial charge in [-0.2, -0.15) is 0 Å². The molecule has 0 radical (unpaired) electrons. The first kappa shape index (κ1) is 20.5. The summed E-state index contributed by atoms with van der Waals surface area (Å²) in [6, 6.07) is 19.2. The number of halogens is 1. The molecule has 32 heavy (non-hydrogen) atoms. The number of carbonyl (C=O) groups excluding carboxylic acids is 2. The molecule has 0 saturated carbocycles. The van der Waals surface area contributed by atoms with Gasteiger partial charge in [0, 0.05) is 16.1 Å². The number of rotatable bonds is 5. The number of anilines is 1. The van der Waals surface area contributed by atoms with Gasteiger partial charge in [0.1, 0.15) is 13.2 Å². The van der Waals surface area contributed by atoms with Crippen molar-refractivity contribution in [2.24, 2.45) is 0 Å². The minimum atomic E-state index is -2.01. The first-order valence-electron chi connectivity index (χ1n) is 10.3. The first-order valence-corrected chi connectivity index (χ1v) is 10.6. The maximum absolute atomic E-state index is 13.4. The van der Waals surface area contributed by atoms with E-state index in [1.807, 2.05) is 30.3 Å². The summed E-state index contributed by atoms with van der Waals surface area (Å²) in [5, 5.41) is 11.9. The normalized spacial score (nSPS) is 19.1. The monoisotopic (exact) mass is 449 g/mol. The van der Waals surface area contributed by atoms with Crippen LogP contribution in [0, 0.1) is 0 Å². The maximum atomic E-state index is 13.4. The van der Waals surface area contributed by atoms with Crippen molar-refractivity contribution in [3.63, 3.8) is 0 Å². The summed E-state index contributed by atoms with van der Waals surface area (Å²) in [6.07, 6.45) is -0.413. The molecule has 3 aromatic carbocycles. The van der Waals surface area contributed by atoms with Crippen molar-refractivity contribution in [1.82, 2.24) is 0 Å². The molecule has 5 rings (SSSR count). The van der Waals surface area contributed by atoms with E-state index in [4.69, 9.17) is 21.1 Å². The minimum Gasteiger partial charge on any atom is -0.486 e. The Morgan fingerprint density at radius 3 is 2.53 bits per heavy atom. The average molecular weight is 450 g/mol. The Bertz CT molecular complexity index is 1210. The SMILES string of the molecule is O=C(C[C@]1(O)C(=O)N(Cc2ccccc2)c2ccc(Cl)cc21)c1ccc2c(c1)OCCO2. The summed E-state index contributed by atoms with van der Waals surface area (Å²) in [4.78, 5) is 28.1. The molecule has 162 valence electrons. The van der Waals surface area contributed by atoms with Crippen LogP contribution in [0.3, 0.4) is 0 Å². The Morgan fingerprint density at radius 2 is 1.75 bits per heavy atom. The highest BCUT2D eigenvalue weighted by Crippen LogP contribution is 2.45. The smallest absolute Gasteiger partial charge is 0.264 e. The van der Waals surface area contributed by atoms with Crippen molar-refractivity contribution in [3.8, 4) is 11.5 Å². The maximum Gasteiger partial charge on any atom is 0.264 e. The second kappa shape index (κ2) is 7.97. The highest BCUT2D eigenvalue weighted by molar-refractivity contribution is 6.31. The summed E-state index contributed by atoms with van der Waals surface area (Å²) in [5.41, 5.74) is 0.0987. The fraction of sp³-hybridized carbons (Fsp3) is 0.200. The quantitative estimate of drug-likeness (QED) is 0.593. The zero-order valence-electron chi connectivity index (χ0n) is 17.1.